The number of hydrogen-bond donors (Lipinski definition) is 1. The van der Waals surface area contributed by atoms with E-state index in [9.17, 15) is 9.90 Å². The number of aromatic nitrogens is 2. The molecule has 0 unspecified atom stereocenters. The van der Waals surface area contributed by atoms with Gasteiger partial charge in [-0.3, -0.25) is 19.7 Å². The summed E-state index contributed by atoms with van der Waals surface area (Å²) >= 11 is 0. The third-order valence-electron chi connectivity index (χ3n) is 7.94. The van der Waals surface area contributed by atoms with Crippen molar-refractivity contribution in [2.45, 2.75) is 43.4 Å². The normalized spacial score (nSPS) is 21.5. The molecular formula is C27H29FN4O3. The molecule has 0 bridgehead atoms. The molecule has 1 aliphatic carbocycles. The minimum atomic E-state index is -0.380. The van der Waals surface area contributed by atoms with Crippen LogP contribution in [0.5, 0.6) is 0 Å². The number of benzene rings is 1. The molecule has 35 heavy (non-hydrogen) atoms. The zero-order valence-corrected chi connectivity index (χ0v) is 19.6. The molecule has 2 aliphatic heterocycles. The molecule has 3 aliphatic rings. The number of amides is 1. The summed E-state index contributed by atoms with van der Waals surface area (Å²) < 4.78 is 21.1. The molecule has 6 rings (SSSR count). The lowest BCUT2D eigenvalue weighted by Gasteiger charge is -2.49. The van der Waals surface area contributed by atoms with Gasteiger partial charge in [0, 0.05) is 43.0 Å². The van der Waals surface area contributed by atoms with Crippen LogP contribution in [0, 0.1) is 5.82 Å². The fourth-order valence-electron chi connectivity index (χ4n) is 5.42. The standard InChI is InChI=1S/C27H29FN4O3/c28-22-12-21(20-4-3-19-2-1-9-29-23(19)13-20)14-30-24(22)15-31-10-7-27(8-11-31)17-32(25(34)16-35-27)26(18-33)5-6-26/h1-4,9,12-14,33H,5-8,10-11,15-18H2. The molecule has 1 N–H and O–H groups in total. The SMILES string of the molecule is O=C1COC2(CCN(Cc3ncc(-c4ccc5cccnc5c4)cc3F)CC2)CN1C1(CO)CC1. The Kier molecular flexibility index (Phi) is 5.55. The van der Waals surface area contributed by atoms with E-state index in [0.29, 0.717) is 18.8 Å². The van der Waals surface area contributed by atoms with Crippen LogP contribution >= 0.6 is 0 Å². The summed E-state index contributed by atoms with van der Waals surface area (Å²) in [6.07, 6.45) is 6.72. The molecule has 1 saturated carbocycles. The van der Waals surface area contributed by atoms with Gasteiger partial charge in [0.05, 0.1) is 35.5 Å². The number of hydrogen-bond acceptors (Lipinski definition) is 6. The first-order valence-corrected chi connectivity index (χ1v) is 12.3. The van der Waals surface area contributed by atoms with E-state index in [1.165, 1.54) is 0 Å². The zero-order valence-electron chi connectivity index (χ0n) is 19.6. The maximum Gasteiger partial charge on any atom is 0.249 e. The van der Waals surface area contributed by atoms with E-state index in [1.54, 1.807) is 18.5 Å². The second-order valence-corrected chi connectivity index (χ2v) is 10.2. The molecule has 182 valence electrons. The van der Waals surface area contributed by atoms with Crippen molar-refractivity contribution >= 4 is 16.8 Å². The van der Waals surface area contributed by atoms with Gasteiger partial charge in [0.25, 0.3) is 0 Å². The average Bonchev–Trinajstić information content (AvgIpc) is 3.69. The highest BCUT2D eigenvalue weighted by atomic mass is 19.1. The van der Waals surface area contributed by atoms with Crippen LogP contribution in [0.1, 0.15) is 31.4 Å². The van der Waals surface area contributed by atoms with Crippen molar-refractivity contribution < 1.29 is 19.0 Å². The number of pyridine rings is 2. The lowest BCUT2D eigenvalue weighted by Crippen LogP contribution is -2.62. The quantitative estimate of drug-likeness (QED) is 0.610. The predicted octanol–water partition coefficient (Wildman–Crippen LogP) is 3.15. The summed E-state index contributed by atoms with van der Waals surface area (Å²) in [6, 6.07) is 11.4. The number of ether oxygens (including phenoxy) is 1. The summed E-state index contributed by atoms with van der Waals surface area (Å²) in [7, 11) is 0. The van der Waals surface area contributed by atoms with Crippen LogP contribution in [-0.2, 0) is 16.1 Å². The Bertz CT molecular complexity index is 1270. The van der Waals surface area contributed by atoms with Crippen LogP contribution in [0.3, 0.4) is 0 Å². The number of nitrogens with zero attached hydrogens (tertiary/aromatic N) is 4. The van der Waals surface area contributed by atoms with E-state index in [4.69, 9.17) is 4.74 Å². The third-order valence-corrected chi connectivity index (χ3v) is 7.94. The van der Waals surface area contributed by atoms with Gasteiger partial charge in [-0.2, -0.15) is 0 Å². The van der Waals surface area contributed by atoms with Crippen molar-refractivity contribution in [1.82, 2.24) is 19.8 Å². The second-order valence-electron chi connectivity index (χ2n) is 10.2. The predicted molar refractivity (Wildman–Crippen MR) is 129 cm³/mol. The number of carbonyl (C=O) groups excluding carboxylic acids is 1. The van der Waals surface area contributed by atoms with Crippen LogP contribution in [0.15, 0.2) is 48.8 Å². The molecule has 0 radical (unpaired) electrons. The maximum absolute atomic E-state index is 15.0. The summed E-state index contributed by atoms with van der Waals surface area (Å²) in [4.78, 5) is 25.3. The molecule has 3 fully saturated rings. The van der Waals surface area contributed by atoms with Crippen LogP contribution in [0.2, 0.25) is 0 Å². The van der Waals surface area contributed by atoms with Crippen LogP contribution < -0.4 is 0 Å². The molecule has 3 aromatic rings. The Morgan fingerprint density at radius 2 is 1.89 bits per heavy atom. The highest BCUT2D eigenvalue weighted by Crippen LogP contribution is 2.45. The van der Waals surface area contributed by atoms with Gasteiger partial charge in [-0.15, -0.1) is 0 Å². The number of halogens is 1. The first kappa shape index (κ1) is 22.5. The summed E-state index contributed by atoms with van der Waals surface area (Å²) in [5, 5.41) is 10.8. The molecule has 4 heterocycles. The van der Waals surface area contributed by atoms with E-state index in [1.807, 2.05) is 35.2 Å². The average molecular weight is 477 g/mol. The van der Waals surface area contributed by atoms with Crippen molar-refractivity contribution in [2.24, 2.45) is 0 Å². The number of morpholine rings is 1. The van der Waals surface area contributed by atoms with Crippen LogP contribution in [0.4, 0.5) is 4.39 Å². The van der Waals surface area contributed by atoms with Crippen molar-refractivity contribution in [3.63, 3.8) is 0 Å². The van der Waals surface area contributed by atoms with E-state index in [0.717, 1.165) is 60.8 Å². The first-order valence-electron chi connectivity index (χ1n) is 12.3. The van der Waals surface area contributed by atoms with Crippen molar-refractivity contribution in [3.05, 3.63) is 60.3 Å². The van der Waals surface area contributed by atoms with Crippen LogP contribution in [-0.4, -0.2) is 74.8 Å². The molecular weight excluding hydrogens is 447 g/mol. The fourth-order valence-corrected chi connectivity index (χ4v) is 5.42. The second kappa shape index (κ2) is 8.62. The van der Waals surface area contributed by atoms with Crippen molar-refractivity contribution in [1.29, 1.82) is 0 Å². The molecule has 8 heteroatoms. The van der Waals surface area contributed by atoms with Gasteiger partial charge in [0.2, 0.25) is 5.91 Å². The van der Waals surface area contributed by atoms with Gasteiger partial charge in [-0.25, -0.2) is 4.39 Å². The summed E-state index contributed by atoms with van der Waals surface area (Å²) in [5.41, 5.74) is 2.17. The number of fused-ring (bicyclic) bond motifs is 1. The Balaban J connectivity index is 1.11. The number of rotatable bonds is 5. The largest absolute Gasteiger partial charge is 0.394 e. The van der Waals surface area contributed by atoms with Gasteiger partial charge >= 0.3 is 0 Å². The Morgan fingerprint density at radius 3 is 2.63 bits per heavy atom. The lowest BCUT2D eigenvalue weighted by molar-refractivity contribution is -0.179. The molecule has 1 aromatic carbocycles. The molecule has 2 aromatic heterocycles. The lowest BCUT2D eigenvalue weighted by atomic mass is 9.88. The Labute approximate surface area is 203 Å². The number of aliphatic hydroxyl groups excluding tert-OH is 1. The van der Waals surface area contributed by atoms with E-state index >= 15 is 4.39 Å². The Hall–Kier alpha value is -2.94. The third kappa shape index (κ3) is 4.20. The molecule has 7 nitrogen and oxygen atoms in total. The van der Waals surface area contributed by atoms with E-state index in [2.05, 4.69) is 14.9 Å². The highest BCUT2D eigenvalue weighted by Gasteiger charge is 2.54. The minimum absolute atomic E-state index is 0.0115. The van der Waals surface area contributed by atoms with Gasteiger partial charge in [0.1, 0.15) is 12.4 Å². The summed E-state index contributed by atoms with van der Waals surface area (Å²) in [6.45, 7) is 2.54. The topological polar surface area (TPSA) is 78.8 Å². The zero-order chi connectivity index (χ0) is 24.0. The number of aliphatic hydroxyl groups is 1. The smallest absolute Gasteiger partial charge is 0.249 e. The molecule has 1 spiro atoms. The Morgan fingerprint density at radius 1 is 1.06 bits per heavy atom. The first-order chi connectivity index (χ1) is 17.0. The molecule has 0 atom stereocenters. The molecule has 2 saturated heterocycles. The molecule has 1 amide bonds. The van der Waals surface area contributed by atoms with Crippen molar-refractivity contribution in [2.75, 3.05) is 32.8 Å². The highest BCUT2D eigenvalue weighted by molar-refractivity contribution is 5.84. The number of likely N-dealkylation sites (tertiary alicyclic amines) is 1. The van der Waals surface area contributed by atoms with Gasteiger partial charge in [-0.05, 0) is 49.4 Å². The summed E-state index contributed by atoms with van der Waals surface area (Å²) in [5.74, 6) is -0.341. The number of carbonyl (C=O) groups is 1. The van der Waals surface area contributed by atoms with E-state index in [-0.39, 0.29) is 36.1 Å². The van der Waals surface area contributed by atoms with Gasteiger partial charge in [0.15, 0.2) is 0 Å². The monoisotopic (exact) mass is 476 g/mol. The fraction of sp³-hybridized carbons (Fsp3) is 0.444. The number of piperidine rings is 1. The van der Waals surface area contributed by atoms with Gasteiger partial charge in [-0.1, -0.05) is 18.2 Å². The van der Waals surface area contributed by atoms with Crippen molar-refractivity contribution in [3.8, 4) is 11.1 Å². The van der Waals surface area contributed by atoms with Gasteiger partial charge < -0.3 is 14.7 Å². The minimum Gasteiger partial charge on any atom is -0.394 e. The van der Waals surface area contributed by atoms with E-state index < -0.39 is 0 Å². The maximum atomic E-state index is 15.0. The van der Waals surface area contributed by atoms with Crippen LogP contribution in [0.25, 0.3) is 22.0 Å².